The van der Waals surface area contributed by atoms with Crippen molar-refractivity contribution in [2.24, 2.45) is 5.14 Å². The first kappa shape index (κ1) is 23.5. The summed E-state index contributed by atoms with van der Waals surface area (Å²) >= 11 is 0. The lowest BCUT2D eigenvalue weighted by Gasteiger charge is -2.15. The van der Waals surface area contributed by atoms with Crippen LogP contribution in [-0.2, 0) is 10.0 Å². The highest BCUT2D eigenvalue weighted by molar-refractivity contribution is 7.89. The molecule has 1 atom stereocenters. The molecule has 0 fully saturated rings. The van der Waals surface area contributed by atoms with Gasteiger partial charge in [0.25, 0.3) is 0 Å². The normalized spacial score (nSPS) is 12.5. The van der Waals surface area contributed by atoms with E-state index in [9.17, 15) is 17.9 Å². The monoisotopic (exact) mass is 464 g/mol. The lowest BCUT2D eigenvalue weighted by atomic mass is 10.1. The number of fused-ring (bicyclic) bond motifs is 1. The molecule has 3 aromatic rings. The van der Waals surface area contributed by atoms with Crippen molar-refractivity contribution >= 4 is 32.4 Å². The minimum Gasteiger partial charge on any atom is -0.508 e. The molecule has 2 aromatic carbocycles. The Balaban J connectivity index is 1.85. The maximum absolute atomic E-state index is 14.3. The number of aromatic nitrogens is 2. The summed E-state index contributed by atoms with van der Waals surface area (Å²) in [5.41, 5.74) is 0.972. The third-order valence-corrected chi connectivity index (χ3v) is 6.48. The van der Waals surface area contributed by atoms with Gasteiger partial charge < -0.3 is 19.9 Å². The van der Waals surface area contributed by atoms with Crippen molar-refractivity contribution in [2.45, 2.75) is 31.9 Å². The van der Waals surface area contributed by atoms with Crippen LogP contribution in [0.3, 0.4) is 0 Å². The van der Waals surface area contributed by atoms with Gasteiger partial charge in [0.2, 0.25) is 10.0 Å². The number of rotatable bonds is 9. The standard InChI is InChI=1S/C21H25FN4O5S/c1-12(32(23,28)29)5-4-8-31-19-10-16-14(9-18(19)30-3)21(25-11-24-16)26-20-13(2)17(27)7-6-15(20)22/h6-7,9-12,27H,4-5,8H2,1-3H3,(H2,23,28,29)(H,24,25,26). The first-order chi connectivity index (χ1) is 15.1. The summed E-state index contributed by atoms with van der Waals surface area (Å²) in [6.07, 6.45) is 2.16. The fraction of sp³-hybridized carbons (Fsp3) is 0.333. The number of anilines is 2. The average molecular weight is 465 g/mol. The van der Waals surface area contributed by atoms with E-state index >= 15 is 0 Å². The SMILES string of the molecule is COc1cc2c(Nc3c(F)ccc(O)c3C)ncnc2cc1OCCCC(C)S(N)(=O)=O. The zero-order valence-corrected chi connectivity index (χ0v) is 18.7. The largest absolute Gasteiger partial charge is 0.508 e. The molecule has 0 amide bonds. The molecule has 11 heteroatoms. The van der Waals surface area contributed by atoms with Crippen LogP contribution < -0.4 is 19.9 Å². The second-order valence-electron chi connectivity index (χ2n) is 7.32. The molecule has 1 heterocycles. The van der Waals surface area contributed by atoms with Crippen molar-refractivity contribution in [2.75, 3.05) is 19.0 Å². The van der Waals surface area contributed by atoms with Gasteiger partial charge >= 0.3 is 0 Å². The zero-order chi connectivity index (χ0) is 23.5. The molecule has 3 rings (SSSR count). The first-order valence-corrected chi connectivity index (χ1v) is 11.4. The van der Waals surface area contributed by atoms with Crippen LogP contribution in [0.15, 0.2) is 30.6 Å². The molecule has 1 aromatic heterocycles. The van der Waals surface area contributed by atoms with E-state index in [1.807, 2.05) is 0 Å². The summed E-state index contributed by atoms with van der Waals surface area (Å²) in [7, 11) is -2.10. The van der Waals surface area contributed by atoms with E-state index in [1.54, 1.807) is 26.0 Å². The third kappa shape index (κ3) is 5.17. The van der Waals surface area contributed by atoms with Crippen molar-refractivity contribution in [3.63, 3.8) is 0 Å². The maximum Gasteiger partial charge on any atom is 0.211 e. The Morgan fingerprint density at radius 2 is 2.00 bits per heavy atom. The topological polar surface area (TPSA) is 137 Å². The number of phenolic OH excluding ortho intramolecular Hbond substituents is 1. The van der Waals surface area contributed by atoms with Crippen LogP contribution >= 0.6 is 0 Å². The first-order valence-electron chi connectivity index (χ1n) is 9.84. The van der Waals surface area contributed by atoms with Crippen LogP contribution in [0.1, 0.15) is 25.3 Å². The maximum atomic E-state index is 14.3. The Morgan fingerprint density at radius 3 is 2.69 bits per heavy atom. The predicted octanol–water partition coefficient (Wildman–Crippen LogP) is 3.37. The number of benzene rings is 2. The van der Waals surface area contributed by atoms with Crippen molar-refractivity contribution in [1.29, 1.82) is 0 Å². The lowest BCUT2D eigenvalue weighted by Crippen LogP contribution is -2.26. The number of primary sulfonamides is 1. The molecule has 0 aliphatic heterocycles. The number of sulfonamides is 1. The zero-order valence-electron chi connectivity index (χ0n) is 17.9. The fourth-order valence-electron chi connectivity index (χ4n) is 3.09. The van der Waals surface area contributed by atoms with Gasteiger partial charge in [-0.1, -0.05) is 0 Å². The van der Waals surface area contributed by atoms with E-state index in [2.05, 4.69) is 15.3 Å². The van der Waals surface area contributed by atoms with Gasteiger partial charge in [0.15, 0.2) is 11.5 Å². The molecule has 1 unspecified atom stereocenters. The van der Waals surface area contributed by atoms with Gasteiger partial charge in [-0.2, -0.15) is 0 Å². The highest BCUT2D eigenvalue weighted by atomic mass is 32.2. The number of methoxy groups -OCH3 is 1. The van der Waals surface area contributed by atoms with Crippen LogP contribution in [0.4, 0.5) is 15.9 Å². The molecular weight excluding hydrogens is 439 g/mol. The summed E-state index contributed by atoms with van der Waals surface area (Å²) in [5.74, 6) is 0.579. The predicted molar refractivity (Wildman–Crippen MR) is 119 cm³/mol. The summed E-state index contributed by atoms with van der Waals surface area (Å²) in [4.78, 5) is 8.45. The molecule has 0 saturated heterocycles. The highest BCUT2D eigenvalue weighted by Crippen LogP contribution is 2.36. The molecule has 172 valence electrons. The van der Waals surface area contributed by atoms with E-state index in [4.69, 9.17) is 14.6 Å². The van der Waals surface area contributed by atoms with Crippen molar-refractivity contribution in [1.82, 2.24) is 9.97 Å². The van der Waals surface area contributed by atoms with Gasteiger partial charge in [0.1, 0.15) is 23.7 Å². The molecule has 0 aliphatic rings. The van der Waals surface area contributed by atoms with Crippen LogP contribution in [0.2, 0.25) is 0 Å². The summed E-state index contributed by atoms with van der Waals surface area (Å²) in [5, 5.41) is 17.8. The fourth-order valence-corrected chi connectivity index (χ4v) is 3.59. The van der Waals surface area contributed by atoms with E-state index in [1.165, 1.54) is 19.5 Å². The lowest BCUT2D eigenvalue weighted by molar-refractivity contribution is 0.286. The molecule has 0 radical (unpaired) electrons. The Hall–Kier alpha value is -3.18. The number of nitrogens with zero attached hydrogens (tertiary/aromatic N) is 2. The number of ether oxygens (including phenoxy) is 2. The van der Waals surface area contributed by atoms with Gasteiger partial charge in [-0.3, -0.25) is 0 Å². The van der Waals surface area contributed by atoms with E-state index in [0.29, 0.717) is 46.6 Å². The molecule has 32 heavy (non-hydrogen) atoms. The van der Waals surface area contributed by atoms with E-state index < -0.39 is 21.1 Å². The Labute approximate surface area is 185 Å². The minimum absolute atomic E-state index is 0.0442. The number of halogens is 1. The summed E-state index contributed by atoms with van der Waals surface area (Å²) in [6.45, 7) is 3.40. The highest BCUT2D eigenvalue weighted by Gasteiger charge is 2.17. The minimum atomic E-state index is -3.58. The van der Waals surface area contributed by atoms with Crippen molar-refractivity contribution in [3.8, 4) is 17.2 Å². The van der Waals surface area contributed by atoms with Crippen LogP contribution in [-0.4, -0.2) is 42.5 Å². The van der Waals surface area contributed by atoms with Gasteiger partial charge in [-0.25, -0.2) is 27.9 Å². The van der Waals surface area contributed by atoms with Crippen LogP contribution in [0.25, 0.3) is 10.9 Å². The van der Waals surface area contributed by atoms with Crippen molar-refractivity contribution < 1.29 is 27.4 Å². The molecule has 0 spiro atoms. The number of aromatic hydroxyl groups is 1. The van der Waals surface area contributed by atoms with E-state index in [-0.39, 0.29) is 18.0 Å². The van der Waals surface area contributed by atoms with Gasteiger partial charge in [-0.05, 0) is 44.9 Å². The smallest absolute Gasteiger partial charge is 0.211 e. The number of nitrogens with two attached hydrogens (primary N) is 1. The molecule has 0 saturated carbocycles. The van der Waals surface area contributed by atoms with Crippen LogP contribution in [0, 0.1) is 12.7 Å². The van der Waals surface area contributed by atoms with Gasteiger partial charge in [-0.15, -0.1) is 0 Å². The quantitative estimate of drug-likeness (QED) is 0.410. The Kier molecular flexibility index (Phi) is 6.99. The van der Waals surface area contributed by atoms with Gasteiger partial charge in [0, 0.05) is 17.0 Å². The van der Waals surface area contributed by atoms with Crippen molar-refractivity contribution in [3.05, 3.63) is 42.0 Å². The summed E-state index contributed by atoms with van der Waals surface area (Å²) < 4.78 is 48.2. The number of hydrogen-bond acceptors (Lipinski definition) is 8. The number of phenols is 1. The Bertz CT molecular complexity index is 1240. The summed E-state index contributed by atoms with van der Waals surface area (Å²) in [6, 6.07) is 5.77. The number of hydrogen-bond donors (Lipinski definition) is 3. The number of nitrogens with one attached hydrogen (secondary N) is 1. The second-order valence-corrected chi connectivity index (χ2v) is 9.31. The molecular formula is C21H25FN4O5S. The molecule has 0 aliphatic carbocycles. The third-order valence-electron chi connectivity index (χ3n) is 5.12. The average Bonchev–Trinajstić information content (AvgIpc) is 2.75. The molecule has 9 nitrogen and oxygen atoms in total. The Morgan fingerprint density at radius 1 is 1.25 bits per heavy atom. The second kappa shape index (κ2) is 9.53. The molecule has 0 bridgehead atoms. The van der Waals surface area contributed by atoms with Gasteiger partial charge in [0.05, 0.1) is 30.2 Å². The molecule has 4 N–H and O–H groups in total. The van der Waals surface area contributed by atoms with E-state index in [0.717, 1.165) is 6.07 Å². The van der Waals surface area contributed by atoms with Crippen LogP contribution in [0.5, 0.6) is 17.2 Å².